The quantitative estimate of drug-likeness (QED) is 0.735. The van der Waals surface area contributed by atoms with Crippen LogP contribution in [-0.4, -0.2) is 42.4 Å². The highest BCUT2D eigenvalue weighted by Gasteiger charge is 2.38. The van der Waals surface area contributed by atoms with E-state index in [4.69, 9.17) is 4.74 Å². The second-order valence-corrected chi connectivity index (χ2v) is 6.23. The standard InChI is InChI=1S/C20H21N3O4/c1-27-16-9-5-8-15(12-16)21-18(24)13-23-19(25)17(22-20(23)26)11-10-14-6-3-2-4-7-14/h2-9,12,17H,10-11,13H2,1H3,(H,21,24)(H,22,26)/t17-/m0/s1. The summed E-state index contributed by atoms with van der Waals surface area (Å²) >= 11 is 0. The summed E-state index contributed by atoms with van der Waals surface area (Å²) in [6.07, 6.45) is 1.16. The molecule has 1 aliphatic heterocycles. The fraction of sp³-hybridized carbons (Fsp3) is 0.250. The highest BCUT2D eigenvalue weighted by Crippen LogP contribution is 2.17. The zero-order valence-corrected chi connectivity index (χ0v) is 15.0. The molecule has 140 valence electrons. The van der Waals surface area contributed by atoms with Gasteiger partial charge < -0.3 is 15.4 Å². The number of rotatable bonds is 7. The van der Waals surface area contributed by atoms with Gasteiger partial charge in [0.2, 0.25) is 5.91 Å². The fourth-order valence-corrected chi connectivity index (χ4v) is 2.92. The number of aryl methyl sites for hydroxylation is 1. The number of carbonyl (C=O) groups is 3. The van der Waals surface area contributed by atoms with Crippen molar-refractivity contribution in [3.05, 3.63) is 60.2 Å². The predicted octanol–water partition coefficient (Wildman–Crippen LogP) is 2.19. The number of nitrogens with zero attached hydrogens (tertiary/aromatic N) is 1. The Balaban J connectivity index is 1.55. The van der Waals surface area contributed by atoms with Crippen molar-refractivity contribution in [1.82, 2.24) is 10.2 Å². The molecule has 0 aliphatic carbocycles. The van der Waals surface area contributed by atoms with Crippen LogP contribution in [0.1, 0.15) is 12.0 Å². The molecule has 0 saturated carbocycles. The molecule has 2 aromatic carbocycles. The molecular weight excluding hydrogens is 346 g/mol. The SMILES string of the molecule is COc1cccc(NC(=O)CN2C(=O)N[C@@H](CCc3ccccc3)C2=O)c1. The molecule has 0 unspecified atom stereocenters. The summed E-state index contributed by atoms with van der Waals surface area (Å²) in [5.74, 6) is -0.226. The fourth-order valence-electron chi connectivity index (χ4n) is 2.92. The van der Waals surface area contributed by atoms with Gasteiger partial charge in [0.15, 0.2) is 0 Å². The normalized spacial score (nSPS) is 16.2. The van der Waals surface area contributed by atoms with E-state index in [2.05, 4.69) is 10.6 Å². The van der Waals surface area contributed by atoms with Crippen molar-refractivity contribution < 1.29 is 19.1 Å². The third-order valence-corrected chi connectivity index (χ3v) is 4.33. The third-order valence-electron chi connectivity index (χ3n) is 4.33. The van der Waals surface area contributed by atoms with E-state index in [9.17, 15) is 14.4 Å². The molecule has 1 fully saturated rings. The van der Waals surface area contributed by atoms with Crippen molar-refractivity contribution >= 4 is 23.5 Å². The molecule has 1 atom stereocenters. The lowest BCUT2D eigenvalue weighted by Crippen LogP contribution is -2.38. The minimum absolute atomic E-state index is 0.330. The average molecular weight is 367 g/mol. The number of benzene rings is 2. The maximum Gasteiger partial charge on any atom is 0.325 e. The average Bonchev–Trinajstić information content (AvgIpc) is 2.95. The number of urea groups is 1. The van der Waals surface area contributed by atoms with Crippen molar-refractivity contribution in [1.29, 1.82) is 0 Å². The lowest BCUT2D eigenvalue weighted by molar-refractivity contribution is -0.130. The second-order valence-electron chi connectivity index (χ2n) is 6.23. The minimum atomic E-state index is -0.609. The van der Waals surface area contributed by atoms with Crippen LogP contribution in [0.4, 0.5) is 10.5 Å². The van der Waals surface area contributed by atoms with Gasteiger partial charge in [0.05, 0.1) is 7.11 Å². The maximum atomic E-state index is 12.5. The smallest absolute Gasteiger partial charge is 0.325 e. The van der Waals surface area contributed by atoms with Crippen molar-refractivity contribution in [2.45, 2.75) is 18.9 Å². The van der Waals surface area contributed by atoms with Gasteiger partial charge in [-0.05, 0) is 30.5 Å². The molecule has 3 rings (SSSR count). The van der Waals surface area contributed by atoms with E-state index in [1.54, 1.807) is 24.3 Å². The van der Waals surface area contributed by atoms with Crippen LogP contribution in [0.25, 0.3) is 0 Å². The monoisotopic (exact) mass is 367 g/mol. The number of ether oxygens (including phenoxy) is 1. The largest absolute Gasteiger partial charge is 0.497 e. The minimum Gasteiger partial charge on any atom is -0.497 e. The zero-order valence-electron chi connectivity index (χ0n) is 15.0. The van der Waals surface area contributed by atoms with E-state index in [0.29, 0.717) is 24.3 Å². The highest BCUT2D eigenvalue weighted by molar-refractivity contribution is 6.07. The first kappa shape index (κ1) is 18.4. The summed E-state index contributed by atoms with van der Waals surface area (Å²) in [6, 6.07) is 15.4. The third kappa shape index (κ3) is 4.63. The molecule has 0 radical (unpaired) electrons. The molecule has 7 heteroatoms. The van der Waals surface area contributed by atoms with E-state index in [1.165, 1.54) is 7.11 Å². The Kier molecular flexibility index (Phi) is 5.71. The summed E-state index contributed by atoms with van der Waals surface area (Å²) in [5, 5.41) is 5.31. The second kappa shape index (κ2) is 8.35. The molecule has 27 heavy (non-hydrogen) atoms. The molecule has 4 amide bonds. The van der Waals surface area contributed by atoms with Crippen LogP contribution in [0.5, 0.6) is 5.75 Å². The first-order valence-corrected chi connectivity index (χ1v) is 8.66. The topological polar surface area (TPSA) is 87.7 Å². The van der Waals surface area contributed by atoms with Gasteiger partial charge in [-0.3, -0.25) is 14.5 Å². The number of carbonyl (C=O) groups excluding carboxylic acids is 3. The van der Waals surface area contributed by atoms with E-state index in [1.807, 2.05) is 30.3 Å². The van der Waals surface area contributed by atoms with Gasteiger partial charge in [-0.25, -0.2) is 4.79 Å². The molecule has 2 N–H and O–H groups in total. The maximum absolute atomic E-state index is 12.5. The van der Waals surface area contributed by atoms with Crippen molar-refractivity contribution in [3.63, 3.8) is 0 Å². The van der Waals surface area contributed by atoms with Gasteiger partial charge in [0, 0.05) is 11.8 Å². The Morgan fingerprint density at radius 1 is 1.15 bits per heavy atom. The Morgan fingerprint density at radius 2 is 1.93 bits per heavy atom. The van der Waals surface area contributed by atoms with Crippen LogP contribution in [0.3, 0.4) is 0 Å². The first-order valence-electron chi connectivity index (χ1n) is 8.66. The molecule has 0 aromatic heterocycles. The number of hydrogen-bond donors (Lipinski definition) is 2. The molecule has 0 bridgehead atoms. The Hall–Kier alpha value is -3.35. The van der Waals surface area contributed by atoms with Gasteiger partial charge in [-0.1, -0.05) is 36.4 Å². The summed E-state index contributed by atoms with van der Waals surface area (Å²) in [6.45, 7) is -0.330. The highest BCUT2D eigenvalue weighted by atomic mass is 16.5. The lowest BCUT2D eigenvalue weighted by Gasteiger charge is -2.13. The number of nitrogens with one attached hydrogen (secondary N) is 2. The first-order chi connectivity index (χ1) is 13.1. The Morgan fingerprint density at radius 3 is 2.67 bits per heavy atom. The number of anilines is 1. The van der Waals surface area contributed by atoms with E-state index < -0.39 is 18.0 Å². The van der Waals surface area contributed by atoms with Gasteiger partial charge in [-0.15, -0.1) is 0 Å². The summed E-state index contributed by atoms with van der Waals surface area (Å²) in [4.78, 5) is 37.7. The molecule has 1 heterocycles. The van der Waals surface area contributed by atoms with E-state index in [-0.39, 0.29) is 12.5 Å². The van der Waals surface area contributed by atoms with Crippen molar-refractivity contribution in [2.24, 2.45) is 0 Å². The van der Waals surface area contributed by atoms with Crippen LogP contribution < -0.4 is 15.4 Å². The van der Waals surface area contributed by atoms with Gasteiger partial charge >= 0.3 is 6.03 Å². The Labute approximate surface area is 157 Å². The van der Waals surface area contributed by atoms with Crippen LogP contribution in [0.2, 0.25) is 0 Å². The molecule has 1 aliphatic rings. The number of hydrogen-bond acceptors (Lipinski definition) is 4. The van der Waals surface area contributed by atoms with Crippen LogP contribution in [-0.2, 0) is 16.0 Å². The molecule has 7 nitrogen and oxygen atoms in total. The number of imide groups is 1. The van der Waals surface area contributed by atoms with Crippen LogP contribution >= 0.6 is 0 Å². The molecule has 1 saturated heterocycles. The van der Waals surface area contributed by atoms with Crippen molar-refractivity contribution in [2.75, 3.05) is 19.0 Å². The van der Waals surface area contributed by atoms with Gasteiger partial charge in [0.25, 0.3) is 5.91 Å². The van der Waals surface area contributed by atoms with Crippen molar-refractivity contribution in [3.8, 4) is 5.75 Å². The number of amides is 4. The van der Waals surface area contributed by atoms with Crippen LogP contribution in [0.15, 0.2) is 54.6 Å². The zero-order chi connectivity index (χ0) is 19.2. The Bertz CT molecular complexity index is 838. The molecule has 0 spiro atoms. The summed E-state index contributed by atoms with van der Waals surface area (Å²) in [5.41, 5.74) is 1.63. The summed E-state index contributed by atoms with van der Waals surface area (Å²) in [7, 11) is 1.53. The summed E-state index contributed by atoms with van der Waals surface area (Å²) < 4.78 is 5.10. The van der Waals surface area contributed by atoms with E-state index >= 15 is 0 Å². The van der Waals surface area contributed by atoms with Crippen LogP contribution in [0, 0.1) is 0 Å². The van der Waals surface area contributed by atoms with E-state index in [0.717, 1.165) is 10.5 Å². The van der Waals surface area contributed by atoms with Gasteiger partial charge in [-0.2, -0.15) is 0 Å². The van der Waals surface area contributed by atoms with Gasteiger partial charge in [0.1, 0.15) is 18.3 Å². The predicted molar refractivity (Wildman–Crippen MR) is 100 cm³/mol. The lowest BCUT2D eigenvalue weighted by atomic mass is 10.1. The molecule has 2 aromatic rings. The molecular formula is C20H21N3O4. The number of methoxy groups -OCH3 is 1.